The Balaban J connectivity index is 1.98. The quantitative estimate of drug-likeness (QED) is 0.771. The van der Waals surface area contributed by atoms with Crippen molar-refractivity contribution in [2.75, 3.05) is 13.1 Å². The first kappa shape index (κ1) is 9.71. The maximum absolute atomic E-state index is 4.49. The predicted molar refractivity (Wildman–Crippen MR) is 57.3 cm³/mol. The zero-order valence-corrected chi connectivity index (χ0v) is 9.08. The minimum Gasteiger partial charge on any atom is -0.316 e. The van der Waals surface area contributed by atoms with Gasteiger partial charge < -0.3 is 5.32 Å². The molecule has 2 rings (SSSR count). The van der Waals surface area contributed by atoms with Gasteiger partial charge in [0.25, 0.3) is 0 Å². The lowest BCUT2D eigenvalue weighted by molar-refractivity contribution is 0.322. The van der Waals surface area contributed by atoms with Gasteiger partial charge in [0.2, 0.25) is 0 Å². The average Bonchev–Trinajstić information content (AvgIpc) is 2.47. The van der Waals surface area contributed by atoms with Gasteiger partial charge in [-0.3, -0.25) is 4.68 Å². The van der Waals surface area contributed by atoms with E-state index in [2.05, 4.69) is 35.0 Å². The highest BCUT2D eigenvalue weighted by atomic mass is 15.3. The van der Waals surface area contributed by atoms with Crippen molar-refractivity contribution < 1.29 is 0 Å². The van der Waals surface area contributed by atoms with Gasteiger partial charge in [-0.05, 0) is 51.8 Å². The van der Waals surface area contributed by atoms with Crippen LogP contribution in [-0.4, -0.2) is 22.9 Å². The van der Waals surface area contributed by atoms with Crippen LogP contribution in [0.15, 0.2) is 6.07 Å². The molecule has 1 aromatic heterocycles. The van der Waals surface area contributed by atoms with Crippen molar-refractivity contribution in [2.24, 2.45) is 5.92 Å². The summed E-state index contributed by atoms with van der Waals surface area (Å²) in [6.07, 6.45) is 2.65. The largest absolute Gasteiger partial charge is 0.316 e. The van der Waals surface area contributed by atoms with E-state index in [-0.39, 0.29) is 0 Å². The number of rotatable bonds is 2. The first-order valence-electron chi connectivity index (χ1n) is 5.47. The zero-order valence-electron chi connectivity index (χ0n) is 9.08. The Morgan fingerprint density at radius 1 is 1.57 bits per heavy atom. The Hall–Kier alpha value is -0.830. The summed E-state index contributed by atoms with van der Waals surface area (Å²) in [5.41, 5.74) is 2.42. The first-order chi connectivity index (χ1) is 6.75. The normalized spacial score (nSPS) is 22.6. The number of hydrogen-bond donors (Lipinski definition) is 1. The van der Waals surface area contributed by atoms with E-state index < -0.39 is 0 Å². The smallest absolute Gasteiger partial charge is 0.0596 e. The molecule has 0 saturated carbocycles. The Bertz CT molecular complexity index is 297. The molecule has 0 radical (unpaired) electrons. The van der Waals surface area contributed by atoms with E-state index in [0.717, 1.165) is 24.7 Å². The first-order valence-corrected chi connectivity index (χ1v) is 5.47. The number of aryl methyl sites for hydroxylation is 2. The van der Waals surface area contributed by atoms with Crippen LogP contribution in [0.2, 0.25) is 0 Å². The third-order valence-corrected chi connectivity index (χ3v) is 2.93. The van der Waals surface area contributed by atoms with Crippen molar-refractivity contribution in [3.8, 4) is 0 Å². The molecule has 2 heterocycles. The van der Waals surface area contributed by atoms with E-state index >= 15 is 0 Å². The summed E-state index contributed by atoms with van der Waals surface area (Å²) in [5, 5.41) is 7.93. The molecule has 0 aromatic carbocycles. The molecule has 0 aliphatic carbocycles. The lowest BCUT2D eigenvalue weighted by Crippen LogP contribution is -2.32. The van der Waals surface area contributed by atoms with Gasteiger partial charge in [0.05, 0.1) is 5.69 Å². The van der Waals surface area contributed by atoms with E-state index in [1.54, 1.807) is 0 Å². The summed E-state index contributed by atoms with van der Waals surface area (Å²) in [4.78, 5) is 0. The summed E-state index contributed by atoms with van der Waals surface area (Å²) >= 11 is 0. The molecule has 3 nitrogen and oxygen atoms in total. The second-order valence-electron chi connectivity index (χ2n) is 4.32. The molecule has 1 saturated heterocycles. The molecule has 14 heavy (non-hydrogen) atoms. The average molecular weight is 193 g/mol. The van der Waals surface area contributed by atoms with Gasteiger partial charge in [0.1, 0.15) is 0 Å². The number of aromatic nitrogens is 2. The van der Waals surface area contributed by atoms with Gasteiger partial charge in [0.15, 0.2) is 0 Å². The molecule has 1 aromatic rings. The number of nitrogens with zero attached hydrogens (tertiary/aromatic N) is 2. The Morgan fingerprint density at radius 2 is 2.43 bits per heavy atom. The molecule has 1 N–H and O–H groups in total. The molecule has 3 heteroatoms. The molecule has 1 fully saturated rings. The van der Waals surface area contributed by atoms with Crippen LogP contribution >= 0.6 is 0 Å². The summed E-state index contributed by atoms with van der Waals surface area (Å²) in [6.45, 7) is 7.61. The van der Waals surface area contributed by atoms with E-state index in [1.165, 1.54) is 25.1 Å². The molecular formula is C11H19N3. The van der Waals surface area contributed by atoms with E-state index in [4.69, 9.17) is 0 Å². The summed E-state index contributed by atoms with van der Waals surface area (Å²) in [6, 6.07) is 2.15. The highest BCUT2D eigenvalue weighted by molar-refractivity contribution is 5.06. The lowest BCUT2D eigenvalue weighted by atomic mass is 10.00. The maximum atomic E-state index is 4.49. The van der Waals surface area contributed by atoms with Crippen molar-refractivity contribution in [3.63, 3.8) is 0 Å². The Morgan fingerprint density at radius 3 is 3.00 bits per heavy atom. The minimum atomic E-state index is 0.766. The Labute approximate surface area is 85.5 Å². The Kier molecular flexibility index (Phi) is 2.87. The van der Waals surface area contributed by atoms with Crippen LogP contribution in [0.1, 0.15) is 24.2 Å². The van der Waals surface area contributed by atoms with Crippen LogP contribution in [-0.2, 0) is 6.54 Å². The predicted octanol–water partition coefficient (Wildman–Crippen LogP) is 1.50. The van der Waals surface area contributed by atoms with Crippen LogP contribution < -0.4 is 5.32 Å². The molecule has 0 amide bonds. The van der Waals surface area contributed by atoms with Crippen LogP contribution in [0, 0.1) is 19.8 Å². The third-order valence-electron chi connectivity index (χ3n) is 2.93. The maximum Gasteiger partial charge on any atom is 0.0596 e. The van der Waals surface area contributed by atoms with Crippen molar-refractivity contribution >= 4 is 0 Å². The van der Waals surface area contributed by atoms with Gasteiger partial charge in [-0.2, -0.15) is 5.10 Å². The van der Waals surface area contributed by atoms with Crippen LogP contribution in [0.5, 0.6) is 0 Å². The van der Waals surface area contributed by atoms with E-state index in [9.17, 15) is 0 Å². The molecule has 0 bridgehead atoms. The molecule has 1 atom stereocenters. The summed E-state index contributed by atoms with van der Waals surface area (Å²) in [5.74, 6) is 0.766. The molecule has 1 aliphatic rings. The van der Waals surface area contributed by atoms with Crippen molar-refractivity contribution in [1.82, 2.24) is 15.1 Å². The van der Waals surface area contributed by atoms with E-state index in [0.29, 0.717) is 0 Å². The number of piperidine rings is 1. The van der Waals surface area contributed by atoms with Crippen molar-refractivity contribution in [1.29, 1.82) is 0 Å². The molecular weight excluding hydrogens is 174 g/mol. The van der Waals surface area contributed by atoms with Gasteiger partial charge >= 0.3 is 0 Å². The molecule has 1 unspecified atom stereocenters. The fraction of sp³-hybridized carbons (Fsp3) is 0.727. The molecule has 0 spiro atoms. The summed E-state index contributed by atoms with van der Waals surface area (Å²) < 4.78 is 2.15. The number of hydrogen-bond acceptors (Lipinski definition) is 2. The second kappa shape index (κ2) is 4.13. The van der Waals surface area contributed by atoms with Crippen LogP contribution in [0.4, 0.5) is 0 Å². The topological polar surface area (TPSA) is 29.9 Å². The fourth-order valence-corrected chi connectivity index (χ4v) is 2.18. The monoisotopic (exact) mass is 193 g/mol. The van der Waals surface area contributed by atoms with Gasteiger partial charge in [-0.25, -0.2) is 0 Å². The standard InChI is InChI=1S/C11H19N3/c1-9-6-10(2)14(13-9)8-11-4-3-5-12-7-11/h6,11-12H,3-5,7-8H2,1-2H3. The van der Waals surface area contributed by atoms with Crippen molar-refractivity contribution in [2.45, 2.75) is 33.2 Å². The second-order valence-corrected chi connectivity index (χ2v) is 4.32. The van der Waals surface area contributed by atoms with Crippen LogP contribution in [0.3, 0.4) is 0 Å². The van der Waals surface area contributed by atoms with Gasteiger partial charge in [-0.15, -0.1) is 0 Å². The third kappa shape index (κ3) is 2.15. The lowest BCUT2D eigenvalue weighted by Gasteiger charge is -2.23. The van der Waals surface area contributed by atoms with Gasteiger partial charge in [0, 0.05) is 12.2 Å². The highest BCUT2D eigenvalue weighted by Gasteiger charge is 2.14. The fourth-order valence-electron chi connectivity index (χ4n) is 2.18. The van der Waals surface area contributed by atoms with Gasteiger partial charge in [-0.1, -0.05) is 0 Å². The van der Waals surface area contributed by atoms with Crippen LogP contribution in [0.25, 0.3) is 0 Å². The summed E-state index contributed by atoms with van der Waals surface area (Å²) in [7, 11) is 0. The molecule has 1 aliphatic heterocycles. The molecule has 78 valence electrons. The number of nitrogens with one attached hydrogen (secondary N) is 1. The van der Waals surface area contributed by atoms with E-state index in [1.807, 2.05) is 0 Å². The minimum absolute atomic E-state index is 0.766. The SMILES string of the molecule is Cc1cc(C)n(CC2CCCNC2)n1. The highest BCUT2D eigenvalue weighted by Crippen LogP contribution is 2.13. The van der Waals surface area contributed by atoms with Crippen molar-refractivity contribution in [3.05, 3.63) is 17.5 Å². The zero-order chi connectivity index (χ0) is 9.97.